The Kier molecular flexibility index (Phi) is 20.1. The smallest absolute Gasteiger partial charge is 0.258 e. The number of aromatic nitrogens is 3. The van der Waals surface area contributed by atoms with Gasteiger partial charge < -0.3 is 16.6 Å². The molecule has 0 radical (unpaired) electrons. The van der Waals surface area contributed by atoms with E-state index in [9.17, 15) is 1.41 Å². The zero-order valence-corrected chi connectivity index (χ0v) is 53.7. The fraction of sp³-hybridized carbons (Fsp3) is 0.400. The number of nitrogens with zero attached hydrogens (tertiary/aromatic N) is 4. The number of hydrogen-bond acceptors (Lipinski definition) is 9. The first-order chi connectivity index (χ1) is 35.7. The quantitative estimate of drug-likeness (QED) is 0.0325. The number of benzene rings is 6. The van der Waals surface area contributed by atoms with E-state index in [2.05, 4.69) is 280 Å². The third-order valence-corrected chi connectivity index (χ3v) is 60.8. The molecule has 0 bridgehead atoms. The number of rotatable bonds is 23. The van der Waals surface area contributed by atoms with Gasteiger partial charge in [-0.05, 0) is 0 Å². The van der Waals surface area contributed by atoms with Crippen molar-refractivity contribution >= 4 is 55.4 Å². The molecular formula is C65H88N6O3Sn2. The zero-order chi connectivity index (χ0) is 55.5. The van der Waals surface area contributed by atoms with E-state index < -0.39 is 44.3 Å². The molecule has 76 heavy (non-hydrogen) atoms. The molecule has 7 rings (SSSR count). The molecule has 0 unspecified atom stereocenters. The Morgan fingerprint density at radius 1 is 0.368 bits per heavy atom. The molecule has 404 valence electrons. The van der Waals surface area contributed by atoms with Crippen LogP contribution in [0.2, 0.25) is 26.6 Å². The van der Waals surface area contributed by atoms with Gasteiger partial charge in [-0.15, -0.1) is 0 Å². The Balaban J connectivity index is 0.000000629. The van der Waals surface area contributed by atoms with Gasteiger partial charge in [-0.2, -0.15) is 20.0 Å². The molecule has 6 aromatic carbocycles. The maximum atomic E-state index is 9.39. The van der Waals surface area contributed by atoms with Crippen molar-refractivity contribution in [3.8, 4) is 0 Å². The van der Waals surface area contributed by atoms with Crippen LogP contribution in [0.15, 0.2) is 182 Å². The Hall–Kier alpha value is -4.79. The predicted molar refractivity (Wildman–Crippen MR) is 323 cm³/mol. The molecular weight excluding hydrogens is 1150 g/mol. The molecule has 0 aliphatic rings. The summed E-state index contributed by atoms with van der Waals surface area (Å²) >= 11 is -8.23. The average Bonchev–Trinajstić information content (AvgIpc) is 3.37. The maximum absolute atomic E-state index is 9.39. The van der Waals surface area contributed by atoms with Gasteiger partial charge in [0.05, 0.1) is 7.11 Å². The van der Waals surface area contributed by atoms with Crippen molar-refractivity contribution in [2.75, 3.05) is 30.4 Å². The first kappa shape index (κ1) is 60.4. The Labute approximate surface area is 466 Å². The van der Waals surface area contributed by atoms with Crippen LogP contribution in [0.3, 0.4) is 0 Å². The van der Waals surface area contributed by atoms with Crippen LogP contribution in [-0.4, -0.2) is 71.5 Å². The molecule has 1 aromatic heterocycles. The van der Waals surface area contributed by atoms with E-state index in [1.165, 1.54) is 40.5 Å². The molecule has 0 saturated heterocycles. The molecule has 7 aromatic rings. The van der Waals surface area contributed by atoms with Gasteiger partial charge in [0.2, 0.25) is 11.9 Å². The molecule has 0 amide bonds. The first-order valence-electron chi connectivity index (χ1n) is 27.0. The molecule has 0 saturated carbocycles. The van der Waals surface area contributed by atoms with E-state index in [1.807, 2.05) is 0 Å². The SMILES string of the molecule is CC(C)([CH2][Sn]([CH2]C(C)(C)c1ccccc1)([CH2]C(C)(C)c1ccccc1)[O][Sn]([CH2]C(C)(C)c1ccccc1)([CH2]C(C)(C)c1ccccc1)[CH2]C(C)(C)c1ccccc1)c1ccccc1.CON(CO)c1nc(N)nc(N)n1. The fourth-order valence-electron chi connectivity index (χ4n) is 12.5. The number of nitrogen functional groups attached to an aromatic ring is 2. The Morgan fingerprint density at radius 3 is 0.737 bits per heavy atom. The fourth-order valence-corrected chi connectivity index (χ4v) is 75.5. The van der Waals surface area contributed by atoms with E-state index >= 15 is 0 Å². The summed E-state index contributed by atoms with van der Waals surface area (Å²) in [4.78, 5) is 15.7. The molecule has 0 aliphatic heterocycles. The largest absolute Gasteiger partial charge is 0.374 e. The summed E-state index contributed by atoms with van der Waals surface area (Å²) in [5, 5.41) is 9.79. The van der Waals surface area contributed by atoms with Crippen LogP contribution >= 0.6 is 0 Å². The second kappa shape index (κ2) is 25.3. The Bertz CT molecular complexity index is 2400. The first-order valence-corrected chi connectivity index (χ1v) is 41.4. The van der Waals surface area contributed by atoms with Crippen molar-refractivity contribution in [2.24, 2.45) is 0 Å². The minimum atomic E-state index is -4.11. The van der Waals surface area contributed by atoms with E-state index in [0.29, 0.717) is 0 Å². The van der Waals surface area contributed by atoms with Crippen LogP contribution in [0, 0.1) is 0 Å². The van der Waals surface area contributed by atoms with Crippen LogP contribution in [0.4, 0.5) is 17.8 Å². The van der Waals surface area contributed by atoms with Crippen molar-refractivity contribution in [1.82, 2.24) is 15.0 Å². The van der Waals surface area contributed by atoms with Gasteiger partial charge in [0, 0.05) is 0 Å². The molecule has 0 aliphatic carbocycles. The van der Waals surface area contributed by atoms with Crippen LogP contribution in [0.1, 0.15) is 116 Å². The van der Waals surface area contributed by atoms with Gasteiger partial charge in [-0.25, -0.2) is 0 Å². The van der Waals surface area contributed by atoms with E-state index in [-0.39, 0.29) is 50.3 Å². The van der Waals surface area contributed by atoms with Gasteiger partial charge >= 0.3 is 397 Å². The molecule has 9 nitrogen and oxygen atoms in total. The zero-order valence-electron chi connectivity index (χ0n) is 48.0. The van der Waals surface area contributed by atoms with Crippen molar-refractivity contribution in [1.29, 1.82) is 0 Å². The van der Waals surface area contributed by atoms with E-state index in [4.69, 9.17) is 21.4 Å². The minimum absolute atomic E-state index is 0.0296. The molecule has 5 N–H and O–H groups in total. The second-order valence-corrected chi connectivity index (χ2v) is 49.1. The third kappa shape index (κ3) is 16.1. The third-order valence-electron chi connectivity index (χ3n) is 15.6. The molecule has 0 spiro atoms. The minimum Gasteiger partial charge on any atom is -0.374 e. The summed E-state index contributed by atoms with van der Waals surface area (Å²) in [6.45, 7) is 30.0. The summed E-state index contributed by atoms with van der Waals surface area (Å²) < 4.78 is 16.1. The summed E-state index contributed by atoms with van der Waals surface area (Å²) in [6.07, 6.45) is 0. The standard InChI is InChI=1S/6C10H13.C5H10N6O2.O.2Sn/c6*1-10(2,3)9-7-5-4-6-8-9;1-13-11(2-12)5-9-3(6)8-4(7)10-5;;;/h6*4-8H,1H2,2-3H3;12H,2H2,1H3,(H4,6,7,8,9,10);;;. The number of hydrogen-bond donors (Lipinski definition) is 3. The summed E-state index contributed by atoms with van der Waals surface area (Å²) in [5.74, 6) is 0.00556. The average molecular weight is 1240 g/mol. The van der Waals surface area contributed by atoms with Crippen LogP contribution in [0.5, 0.6) is 0 Å². The van der Waals surface area contributed by atoms with Crippen molar-refractivity contribution in [3.05, 3.63) is 215 Å². The number of aliphatic hydroxyl groups excluding tert-OH is 1. The van der Waals surface area contributed by atoms with Gasteiger partial charge in [0.15, 0.2) is 0 Å². The number of aliphatic hydroxyl groups is 1. The van der Waals surface area contributed by atoms with E-state index in [1.54, 1.807) is 0 Å². The molecule has 1 heterocycles. The maximum Gasteiger partial charge on any atom is 0.258 e. The van der Waals surface area contributed by atoms with Crippen molar-refractivity contribution < 1.29 is 11.4 Å². The summed E-state index contributed by atoms with van der Waals surface area (Å²) in [7, 11) is 1.35. The molecule has 11 heteroatoms. The topological polar surface area (TPSA) is 133 Å². The van der Waals surface area contributed by atoms with Gasteiger partial charge in [0.25, 0.3) is 5.95 Å². The van der Waals surface area contributed by atoms with Crippen molar-refractivity contribution in [3.63, 3.8) is 0 Å². The molecule has 0 fully saturated rings. The predicted octanol–water partition coefficient (Wildman–Crippen LogP) is 15.1. The second-order valence-electron chi connectivity index (χ2n) is 25.1. The number of nitrogens with two attached hydrogens (primary N) is 2. The van der Waals surface area contributed by atoms with E-state index in [0.717, 1.165) is 31.7 Å². The van der Waals surface area contributed by atoms with Crippen LogP contribution in [0.25, 0.3) is 0 Å². The summed E-state index contributed by atoms with van der Waals surface area (Å²) in [6, 6.07) is 68.6. The molecule has 0 atom stereocenters. The van der Waals surface area contributed by atoms with Crippen LogP contribution < -0.4 is 16.5 Å². The monoisotopic (exact) mass is 1240 g/mol. The normalized spacial score (nSPS) is 12.9. The summed E-state index contributed by atoms with van der Waals surface area (Å²) in [5.41, 5.74) is 18.6. The van der Waals surface area contributed by atoms with Crippen molar-refractivity contribution in [2.45, 2.75) is 142 Å². The van der Waals surface area contributed by atoms with Gasteiger partial charge in [0.1, 0.15) is 6.73 Å². The van der Waals surface area contributed by atoms with Crippen LogP contribution in [-0.2, 0) is 38.7 Å². The number of anilines is 3. The van der Waals surface area contributed by atoms with Gasteiger partial charge in [-0.1, -0.05) is 0 Å². The van der Waals surface area contributed by atoms with Gasteiger partial charge in [-0.3, -0.25) is 4.84 Å². The Morgan fingerprint density at radius 2 is 0.566 bits per heavy atom. The number of hydroxylamine groups is 1.